The van der Waals surface area contributed by atoms with E-state index in [9.17, 15) is 8.42 Å². The first kappa shape index (κ1) is 18.1. The number of benzene rings is 1. The predicted molar refractivity (Wildman–Crippen MR) is 87.3 cm³/mol. The van der Waals surface area contributed by atoms with Crippen LogP contribution in [0.3, 0.4) is 0 Å². The maximum Gasteiger partial charge on any atom is 0.233 e. The summed E-state index contributed by atoms with van der Waals surface area (Å²) in [4.78, 5) is 0. The van der Waals surface area contributed by atoms with Crippen LogP contribution in [0.5, 0.6) is 11.5 Å². The van der Waals surface area contributed by atoms with Crippen LogP contribution in [-0.2, 0) is 9.05 Å². The molecule has 8 heteroatoms. The average Bonchev–Trinajstić information content (AvgIpc) is 2.26. The van der Waals surface area contributed by atoms with E-state index < -0.39 is 14.5 Å². The minimum absolute atomic E-state index is 0.156. The Hall–Kier alpha value is 0.0200. The fraction of sp³-hybridized carbons (Fsp3) is 0.500. The molecule has 20 heavy (non-hydrogen) atoms. The van der Waals surface area contributed by atoms with Crippen molar-refractivity contribution >= 4 is 51.6 Å². The van der Waals surface area contributed by atoms with Gasteiger partial charge in [0.2, 0.25) is 9.05 Å². The summed E-state index contributed by atoms with van der Waals surface area (Å²) in [7, 11) is 3.29. The number of rotatable bonds is 6. The van der Waals surface area contributed by atoms with E-state index in [0.717, 1.165) is 8.95 Å². The molecule has 0 N–H and O–H groups in total. The van der Waals surface area contributed by atoms with Crippen molar-refractivity contribution in [1.29, 1.82) is 0 Å². The summed E-state index contributed by atoms with van der Waals surface area (Å²) in [6.07, 6.45) is 0. The van der Waals surface area contributed by atoms with Crippen LogP contribution in [0.4, 0.5) is 0 Å². The zero-order valence-corrected chi connectivity index (χ0v) is 16.0. The second-order valence-corrected chi connectivity index (χ2v) is 9.54. The van der Waals surface area contributed by atoms with E-state index in [4.69, 9.17) is 20.2 Å². The molecule has 1 aromatic rings. The van der Waals surface area contributed by atoms with Crippen LogP contribution >= 0.6 is 42.5 Å². The quantitative estimate of drug-likeness (QED) is 0.610. The minimum atomic E-state index is -3.56. The molecular weight excluding hydrogens is 435 g/mol. The molecule has 0 saturated heterocycles. The lowest BCUT2D eigenvalue weighted by molar-refractivity contribution is 0.199. The van der Waals surface area contributed by atoms with Crippen LogP contribution in [-0.4, -0.2) is 27.9 Å². The fourth-order valence-electron chi connectivity index (χ4n) is 1.56. The Morgan fingerprint density at radius 3 is 2.20 bits per heavy atom. The number of hydrogen-bond donors (Lipinski definition) is 0. The zero-order valence-electron chi connectivity index (χ0n) is 11.2. The van der Waals surface area contributed by atoms with Crippen LogP contribution in [0.1, 0.15) is 13.8 Å². The molecule has 4 nitrogen and oxygen atoms in total. The van der Waals surface area contributed by atoms with Gasteiger partial charge in [-0.25, -0.2) is 8.42 Å². The van der Waals surface area contributed by atoms with Crippen molar-refractivity contribution in [3.05, 3.63) is 21.1 Å². The molecule has 0 atom stereocenters. The van der Waals surface area contributed by atoms with Crippen molar-refractivity contribution in [3.8, 4) is 11.5 Å². The van der Waals surface area contributed by atoms with Gasteiger partial charge in [-0.15, -0.1) is 0 Å². The Labute approximate surface area is 140 Å². The second kappa shape index (κ2) is 6.85. The van der Waals surface area contributed by atoms with Crippen LogP contribution in [0.25, 0.3) is 0 Å². The molecule has 0 aliphatic heterocycles. The zero-order chi connectivity index (χ0) is 15.6. The SMILES string of the molecule is COc1cc(Br)c(OCC(C)(C)CS(=O)(=O)Cl)cc1Br. The van der Waals surface area contributed by atoms with Gasteiger partial charge in [0.1, 0.15) is 11.5 Å². The molecule has 0 spiro atoms. The van der Waals surface area contributed by atoms with Crippen LogP contribution in [0, 0.1) is 5.41 Å². The molecule has 1 aromatic carbocycles. The van der Waals surface area contributed by atoms with Crippen LogP contribution in [0.15, 0.2) is 21.1 Å². The molecule has 0 unspecified atom stereocenters. The highest BCUT2D eigenvalue weighted by Crippen LogP contribution is 2.36. The number of methoxy groups -OCH3 is 1. The third-order valence-corrected chi connectivity index (χ3v) is 5.08. The first-order valence-electron chi connectivity index (χ1n) is 5.62. The molecule has 114 valence electrons. The van der Waals surface area contributed by atoms with Gasteiger partial charge in [0, 0.05) is 16.1 Å². The number of halogens is 3. The summed E-state index contributed by atoms with van der Waals surface area (Å²) in [5.74, 6) is 1.11. The lowest BCUT2D eigenvalue weighted by Crippen LogP contribution is -2.28. The second-order valence-electron chi connectivity index (χ2n) is 5.05. The van der Waals surface area contributed by atoms with Gasteiger partial charge in [-0.3, -0.25) is 0 Å². The van der Waals surface area contributed by atoms with Crippen molar-refractivity contribution in [2.24, 2.45) is 5.41 Å². The van der Waals surface area contributed by atoms with Gasteiger partial charge in [0.25, 0.3) is 0 Å². The van der Waals surface area contributed by atoms with Gasteiger partial charge in [-0.2, -0.15) is 0 Å². The third-order valence-electron chi connectivity index (χ3n) is 2.39. The first-order valence-corrected chi connectivity index (χ1v) is 9.69. The molecule has 1 rings (SSSR count). The standard InChI is InChI=1S/C12H15Br2ClO4S/c1-12(2,7-20(15,16)17)6-19-11-5-8(13)10(18-3)4-9(11)14/h4-5H,6-7H2,1-3H3. The summed E-state index contributed by atoms with van der Waals surface area (Å²) in [6.45, 7) is 3.77. The van der Waals surface area contributed by atoms with Crippen molar-refractivity contribution in [3.63, 3.8) is 0 Å². The Morgan fingerprint density at radius 2 is 1.70 bits per heavy atom. The van der Waals surface area contributed by atoms with E-state index in [1.54, 1.807) is 33.1 Å². The van der Waals surface area contributed by atoms with E-state index in [2.05, 4.69) is 31.9 Å². The van der Waals surface area contributed by atoms with Crippen molar-refractivity contribution in [2.75, 3.05) is 19.5 Å². The van der Waals surface area contributed by atoms with E-state index in [1.807, 2.05) is 0 Å². The Morgan fingerprint density at radius 1 is 1.20 bits per heavy atom. The molecular formula is C12H15Br2ClO4S. The molecule has 0 fully saturated rings. The van der Waals surface area contributed by atoms with E-state index in [0.29, 0.717) is 11.5 Å². The highest BCUT2D eigenvalue weighted by atomic mass is 79.9. The summed E-state index contributed by atoms with van der Waals surface area (Å²) in [5, 5.41) is 0. The summed E-state index contributed by atoms with van der Waals surface area (Å²) >= 11 is 6.75. The lowest BCUT2D eigenvalue weighted by Gasteiger charge is -2.23. The topological polar surface area (TPSA) is 52.6 Å². The summed E-state index contributed by atoms with van der Waals surface area (Å²) in [6, 6.07) is 3.53. The van der Waals surface area contributed by atoms with Gasteiger partial charge in [-0.1, -0.05) is 13.8 Å². The molecule has 0 bridgehead atoms. The molecule has 0 radical (unpaired) electrons. The van der Waals surface area contributed by atoms with Gasteiger partial charge in [0.05, 0.1) is 28.4 Å². The van der Waals surface area contributed by atoms with Crippen molar-refractivity contribution in [1.82, 2.24) is 0 Å². The fourth-order valence-corrected chi connectivity index (χ4v) is 4.38. The predicted octanol–water partition coefficient (Wildman–Crippen LogP) is 4.19. The highest BCUT2D eigenvalue weighted by molar-refractivity contribution is 9.11. The number of ether oxygens (including phenoxy) is 2. The van der Waals surface area contributed by atoms with Gasteiger partial charge in [-0.05, 0) is 44.0 Å². The average molecular weight is 451 g/mol. The van der Waals surface area contributed by atoms with Crippen molar-refractivity contribution in [2.45, 2.75) is 13.8 Å². The molecule has 0 saturated carbocycles. The molecule has 0 aromatic heterocycles. The summed E-state index contributed by atoms with van der Waals surface area (Å²) < 4.78 is 34.6. The molecule has 0 aliphatic carbocycles. The molecule has 0 amide bonds. The van der Waals surface area contributed by atoms with Gasteiger partial charge >= 0.3 is 0 Å². The van der Waals surface area contributed by atoms with E-state index >= 15 is 0 Å². The molecule has 0 aliphatic rings. The monoisotopic (exact) mass is 448 g/mol. The van der Waals surface area contributed by atoms with Crippen molar-refractivity contribution < 1.29 is 17.9 Å². The Balaban J connectivity index is 2.82. The third kappa shape index (κ3) is 5.79. The maximum atomic E-state index is 11.1. The Bertz CT molecular complexity index is 587. The van der Waals surface area contributed by atoms with E-state index in [1.165, 1.54) is 0 Å². The maximum absolute atomic E-state index is 11.1. The van der Waals surface area contributed by atoms with Gasteiger partial charge in [0.15, 0.2) is 0 Å². The lowest BCUT2D eigenvalue weighted by atomic mass is 9.98. The highest BCUT2D eigenvalue weighted by Gasteiger charge is 2.26. The minimum Gasteiger partial charge on any atom is -0.496 e. The van der Waals surface area contributed by atoms with Crippen LogP contribution in [0.2, 0.25) is 0 Å². The normalized spacial score (nSPS) is 12.3. The largest absolute Gasteiger partial charge is 0.496 e. The Kier molecular flexibility index (Phi) is 6.19. The van der Waals surface area contributed by atoms with Crippen LogP contribution < -0.4 is 9.47 Å². The molecule has 0 heterocycles. The number of hydrogen-bond acceptors (Lipinski definition) is 4. The smallest absolute Gasteiger partial charge is 0.233 e. The summed E-state index contributed by atoms with van der Waals surface area (Å²) in [5.41, 5.74) is -0.591. The van der Waals surface area contributed by atoms with Gasteiger partial charge < -0.3 is 9.47 Å². The van der Waals surface area contributed by atoms with E-state index in [-0.39, 0.29) is 12.4 Å². The first-order chi connectivity index (χ1) is 9.04.